The van der Waals surface area contributed by atoms with Gasteiger partial charge in [0.05, 0.1) is 12.2 Å². The predicted octanol–water partition coefficient (Wildman–Crippen LogP) is 6.17. The molecule has 0 spiro atoms. The Kier molecular flexibility index (Phi) is 4.39. The van der Waals surface area contributed by atoms with E-state index in [4.69, 9.17) is 9.47 Å². The van der Waals surface area contributed by atoms with Crippen molar-refractivity contribution < 1.29 is 14.3 Å². The smallest absolute Gasteiger partial charge is 0.163 e. The van der Waals surface area contributed by atoms with Gasteiger partial charge >= 0.3 is 0 Å². The van der Waals surface area contributed by atoms with Gasteiger partial charge in [0.25, 0.3) is 0 Å². The summed E-state index contributed by atoms with van der Waals surface area (Å²) in [6, 6.07) is 0. The van der Waals surface area contributed by atoms with Gasteiger partial charge in [-0.05, 0) is 87.4 Å². The topological polar surface area (TPSA) is 35.5 Å². The maximum absolute atomic E-state index is 13.1. The lowest BCUT2D eigenvalue weighted by Gasteiger charge is -2.64. The van der Waals surface area contributed by atoms with E-state index in [0.717, 1.165) is 6.42 Å². The summed E-state index contributed by atoms with van der Waals surface area (Å²) in [5.41, 5.74) is 1.61. The second-order valence-electron chi connectivity index (χ2n) is 13.2. The summed E-state index contributed by atoms with van der Waals surface area (Å²) in [7, 11) is 0. The van der Waals surface area contributed by atoms with Crippen LogP contribution in [0.2, 0.25) is 0 Å². The monoisotopic (exact) mass is 414 g/mol. The van der Waals surface area contributed by atoms with Gasteiger partial charge in [-0.15, -0.1) is 0 Å². The van der Waals surface area contributed by atoms with Crippen molar-refractivity contribution in [1.82, 2.24) is 0 Å². The number of ether oxygens (including phenoxy) is 2. The Bertz CT molecular complexity index is 781. The van der Waals surface area contributed by atoms with E-state index in [9.17, 15) is 4.79 Å². The van der Waals surface area contributed by atoms with Crippen molar-refractivity contribution in [3.63, 3.8) is 0 Å². The van der Waals surface area contributed by atoms with Crippen LogP contribution in [0.3, 0.4) is 0 Å². The molecular weight excluding hydrogens is 372 g/mol. The first-order valence-corrected chi connectivity index (χ1v) is 12.3. The Morgan fingerprint density at radius 2 is 1.53 bits per heavy atom. The van der Waals surface area contributed by atoms with Crippen LogP contribution in [0.5, 0.6) is 0 Å². The zero-order valence-electron chi connectivity index (χ0n) is 20.2. The molecule has 3 nitrogen and oxygen atoms in total. The average molecular weight is 415 g/mol. The van der Waals surface area contributed by atoms with Gasteiger partial charge in [-0.1, -0.05) is 39.8 Å². The van der Waals surface area contributed by atoms with E-state index in [1.807, 2.05) is 0 Å². The SMILES string of the molecule is C=C(C)C1CC[C@H]2[C@@H]3[C@H]4OC(C)(C)O[C@@H]4[C@H]4CC(=O)C(C)(C)C[C@]4(C)[C@H]3CC[C@]12C. The molecule has 9 atom stereocenters. The maximum atomic E-state index is 13.1. The van der Waals surface area contributed by atoms with Crippen LogP contribution in [-0.2, 0) is 14.3 Å². The molecule has 30 heavy (non-hydrogen) atoms. The Labute approximate surface area is 183 Å². The summed E-state index contributed by atoms with van der Waals surface area (Å²) >= 11 is 0. The fourth-order valence-electron chi connectivity index (χ4n) is 9.45. The van der Waals surface area contributed by atoms with Gasteiger partial charge in [-0.25, -0.2) is 0 Å². The third-order valence-corrected chi connectivity index (χ3v) is 10.5. The van der Waals surface area contributed by atoms with Crippen LogP contribution >= 0.6 is 0 Å². The molecule has 0 N–H and O–H groups in total. The van der Waals surface area contributed by atoms with E-state index in [2.05, 4.69) is 55.0 Å². The van der Waals surface area contributed by atoms with Crippen LogP contribution < -0.4 is 0 Å². The van der Waals surface area contributed by atoms with Crippen molar-refractivity contribution in [3.8, 4) is 0 Å². The molecule has 1 saturated heterocycles. The highest BCUT2D eigenvalue weighted by atomic mass is 16.8. The van der Waals surface area contributed by atoms with Crippen molar-refractivity contribution in [2.45, 2.75) is 105 Å². The maximum Gasteiger partial charge on any atom is 0.163 e. The molecule has 5 fully saturated rings. The number of hydrogen-bond acceptors (Lipinski definition) is 3. The zero-order valence-corrected chi connectivity index (χ0v) is 20.2. The van der Waals surface area contributed by atoms with E-state index >= 15 is 0 Å². The fraction of sp³-hybridized carbons (Fsp3) is 0.889. The first kappa shape index (κ1) is 21.2. The Morgan fingerprint density at radius 1 is 0.900 bits per heavy atom. The Hall–Kier alpha value is -0.670. The summed E-state index contributed by atoms with van der Waals surface area (Å²) in [5, 5.41) is 0. The number of carbonyl (C=O) groups is 1. The van der Waals surface area contributed by atoms with Crippen LogP contribution in [0.25, 0.3) is 0 Å². The lowest BCUT2D eigenvalue weighted by atomic mass is 9.41. The summed E-state index contributed by atoms with van der Waals surface area (Å²) < 4.78 is 13.3. The molecule has 0 amide bonds. The Balaban J connectivity index is 1.60. The molecule has 5 rings (SSSR count). The number of carbonyl (C=O) groups excluding carboxylic acids is 1. The average Bonchev–Trinajstić information content (AvgIpc) is 3.12. The highest BCUT2D eigenvalue weighted by Gasteiger charge is 2.69. The van der Waals surface area contributed by atoms with Gasteiger partial charge in [0.15, 0.2) is 5.79 Å². The van der Waals surface area contributed by atoms with Gasteiger partial charge < -0.3 is 9.47 Å². The van der Waals surface area contributed by atoms with Crippen LogP contribution in [0.4, 0.5) is 0 Å². The van der Waals surface area contributed by atoms with Crippen LogP contribution in [0, 0.1) is 45.8 Å². The minimum atomic E-state index is -0.554. The summed E-state index contributed by atoms with van der Waals surface area (Å²) in [5.74, 6) is 2.60. The van der Waals surface area contributed by atoms with Gasteiger partial charge in [0, 0.05) is 17.8 Å². The van der Waals surface area contributed by atoms with Gasteiger partial charge in [0.1, 0.15) is 5.78 Å². The van der Waals surface area contributed by atoms with E-state index in [1.54, 1.807) is 0 Å². The van der Waals surface area contributed by atoms with Crippen molar-refractivity contribution in [2.24, 2.45) is 45.8 Å². The first-order chi connectivity index (χ1) is 13.8. The van der Waals surface area contributed by atoms with E-state index < -0.39 is 5.79 Å². The number of hydrogen-bond donors (Lipinski definition) is 0. The minimum absolute atomic E-state index is 0.0533. The van der Waals surface area contributed by atoms with Gasteiger partial charge in [0.2, 0.25) is 0 Å². The standard InChI is InChI=1S/C27H42O3/c1-15(2)16-9-10-17-21-18(11-12-26(16,17)7)27(8)14-24(3,4)20(28)13-19(27)22-23(21)30-25(5,6)29-22/h16-19,21-23H,1,9-14H2,2-8H3/t16?,17-,18-,19+,21-,22+,23+,26+,27+/m0/s1. The van der Waals surface area contributed by atoms with Crippen LogP contribution in [0.1, 0.15) is 87.0 Å². The van der Waals surface area contributed by atoms with E-state index in [-0.39, 0.29) is 29.0 Å². The zero-order chi connectivity index (χ0) is 21.9. The quantitative estimate of drug-likeness (QED) is 0.482. The predicted molar refractivity (Wildman–Crippen MR) is 119 cm³/mol. The second kappa shape index (κ2) is 6.22. The lowest BCUT2D eigenvalue weighted by Crippen LogP contribution is -2.64. The number of fused-ring (bicyclic) bond motifs is 8. The molecule has 4 aliphatic carbocycles. The summed E-state index contributed by atoms with van der Waals surface area (Å²) in [6.45, 7) is 20.1. The molecule has 5 aliphatic rings. The third kappa shape index (κ3) is 2.66. The number of rotatable bonds is 1. The first-order valence-electron chi connectivity index (χ1n) is 12.3. The largest absolute Gasteiger partial charge is 0.344 e. The molecule has 1 heterocycles. The van der Waals surface area contributed by atoms with Crippen molar-refractivity contribution >= 4 is 5.78 Å². The summed E-state index contributed by atoms with van der Waals surface area (Å²) in [6.07, 6.45) is 6.93. The van der Waals surface area contributed by atoms with E-state index in [0.29, 0.717) is 41.3 Å². The molecule has 0 aromatic carbocycles. The molecule has 0 radical (unpaired) electrons. The minimum Gasteiger partial charge on any atom is -0.344 e. The van der Waals surface area contributed by atoms with Crippen molar-refractivity contribution in [1.29, 1.82) is 0 Å². The number of ketones is 1. The fourth-order valence-corrected chi connectivity index (χ4v) is 9.45. The molecular formula is C27H42O3. The molecule has 3 heteroatoms. The highest BCUT2D eigenvalue weighted by molar-refractivity contribution is 5.85. The Morgan fingerprint density at radius 3 is 2.20 bits per heavy atom. The van der Waals surface area contributed by atoms with Gasteiger partial charge in [-0.2, -0.15) is 0 Å². The van der Waals surface area contributed by atoms with Crippen LogP contribution in [0.15, 0.2) is 12.2 Å². The van der Waals surface area contributed by atoms with Crippen molar-refractivity contribution in [3.05, 3.63) is 12.2 Å². The summed E-state index contributed by atoms with van der Waals surface area (Å²) in [4.78, 5) is 13.1. The molecule has 1 aliphatic heterocycles. The third-order valence-electron chi connectivity index (χ3n) is 10.5. The molecule has 0 bridgehead atoms. The van der Waals surface area contributed by atoms with Gasteiger partial charge in [-0.3, -0.25) is 4.79 Å². The van der Waals surface area contributed by atoms with Crippen molar-refractivity contribution in [2.75, 3.05) is 0 Å². The second-order valence-corrected chi connectivity index (χ2v) is 13.2. The molecule has 4 saturated carbocycles. The lowest BCUT2D eigenvalue weighted by molar-refractivity contribution is -0.192. The molecule has 0 aromatic heterocycles. The molecule has 1 unspecified atom stereocenters. The number of allylic oxidation sites excluding steroid dienone is 1. The molecule has 168 valence electrons. The molecule has 0 aromatic rings. The highest BCUT2D eigenvalue weighted by Crippen LogP contribution is 2.70. The van der Waals surface area contributed by atoms with E-state index in [1.165, 1.54) is 31.3 Å². The number of Topliss-reactive ketones (excluding diaryl/α,β-unsaturated/α-hetero) is 1. The normalized spacial score (nSPS) is 53.4. The van der Waals surface area contributed by atoms with Crippen LogP contribution in [-0.4, -0.2) is 23.8 Å².